The van der Waals surface area contributed by atoms with E-state index in [4.69, 9.17) is 9.47 Å². The van der Waals surface area contributed by atoms with Gasteiger partial charge in [-0.1, -0.05) is 26.0 Å². The normalized spacial score (nSPS) is 17.0. The van der Waals surface area contributed by atoms with Crippen LogP contribution in [0.3, 0.4) is 0 Å². The minimum atomic E-state index is 0. The van der Waals surface area contributed by atoms with Crippen LogP contribution >= 0.6 is 24.0 Å². The van der Waals surface area contributed by atoms with Crippen molar-refractivity contribution in [1.82, 2.24) is 10.6 Å². The Bertz CT molecular complexity index is 569. The largest absolute Gasteiger partial charge is 0.495 e. The molecule has 0 amide bonds. The molecule has 1 atom stereocenters. The van der Waals surface area contributed by atoms with Crippen LogP contribution < -0.4 is 20.3 Å². The van der Waals surface area contributed by atoms with Crippen molar-refractivity contribution in [3.05, 3.63) is 24.3 Å². The number of aliphatic imine (C=N–C) groups is 1. The summed E-state index contributed by atoms with van der Waals surface area (Å²) >= 11 is 0. The molecule has 6 nitrogen and oxygen atoms in total. The highest BCUT2D eigenvalue weighted by Crippen LogP contribution is 2.30. The third-order valence-corrected chi connectivity index (χ3v) is 4.39. The van der Waals surface area contributed by atoms with Gasteiger partial charge in [-0.2, -0.15) is 0 Å². The molecule has 1 saturated heterocycles. The highest BCUT2D eigenvalue weighted by molar-refractivity contribution is 14.0. The van der Waals surface area contributed by atoms with E-state index in [1.54, 1.807) is 7.11 Å². The van der Waals surface area contributed by atoms with Crippen molar-refractivity contribution in [1.29, 1.82) is 0 Å². The van der Waals surface area contributed by atoms with E-state index < -0.39 is 0 Å². The first kappa shape index (κ1) is 23.8. The standard InChI is InChI=1S/C20H34N4O2.HI/c1-16(2)15-26-13-7-11-22-20(21-3)23-17-10-12-24(14-17)18-8-5-6-9-19(18)25-4;/h5-6,8-9,16-17H,7,10-15H2,1-4H3,(H2,21,22,23);1H. The average Bonchev–Trinajstić information content (AvgIpc) is 3.11. The maximum Gasteiger partial charge on any atom is 0.191 e. The molecule has 0 saturated carbocycles. The zero-order chi connectivity index (χ0) is 18.8. The second kappa shape index (κ2) is 13.0. The van der Waals surface area contributed by atoms with Crippen molar-refractivity contribution < 1.29 is 9.47 Å². The quantitative estimate of drug-likeness (QED) is 0.241. The summed E-state index contributed by atoms with van der Waals surface area (Å²) < 4.78 is 11.1. The Morgan fingerprint density at radius 2 is 2.11 bits per heavy atom. The van der Waals surface area contributed by atoms with E-state index >= 15 is 0 Å². The highest BCUT2D eigenvalue weighted by atomic mass is 127. The number of nitrogens with zero attached hydrogens (tertiary/aromatic N) is 2. The number of benzene rings is 1. The lowest BCUT2D eigenvalue weighted by Crippen LogP contribution is -2.45. The van der Waals surface area contributed by atoms with Crippen molar-refractivity contribution in [2.45, 2.75) is 32.7 Å². The molecule has 1 aliphatic rings. The predicted molar refractivity (Wildman–Crippen MR) is 124 cm³/mol. The van der Waals surface area contributed by atoms with Crippen LogP contribution in [0.25, 0.3) is 0 Å². The van der Waals surface area contributed by atoms with Crippen molar-refractivity contribution >= 4 is 35.6 Å². The summed E-state index contributed by atoms with van der Waals surface area (Å²) in [5, 5.41) is 6.90. The van der Waals surface area contributed by atoms with Crippen LogP contribution in [-0.2, 0) is 4.74 Å². The van der Waals surface area contributed by atoms with Crippen molar-refractivity contribution in [3.8, 4) is 5.75 Å². The van der Waals surface area contributed by atoms with E-state index in [2.05, 4.69) is 46.5 Å². The Morgan fingerprint density at radius 3 is 2.81 bits per heavy atom. The fraction of sp³-hybridized carbons (Fsp3) is 0.650. The summed E-state index contributed by atoms with van der Waals surface area (Å²) in [5.41, 5.74) is 1.16. The Hall–Kier alpha value is -1.22. The number of nitrogens with one attached hydrogen (secondary N) is 2. The molecule has 1 aliphatic heterocycles. The van der Waals surface area contributed by atoms with Gasteiger partial charge in [0.05, 0.1) is 12.8 Å². The number of anilines is 1. The predicted octanol–water partition coefficient (Wildman–Crippen LogP) is 3.12. The van der Waals surface area contributed by atoms with Gasteiger partial charge in [-0.25, -0.2) is 0 Å². The Morgan fingerprint density at radius 1 is 1.33 bits per heavy atom. The van der Waals surface area contributed by atoms with Gasteiger partial charge >= 0.3 is 0 Å². The molecule has 1 aromatic rings. The summed E-state index contributed by atoms with van der Waals surface area (Å²) in [7, 11) is 3.54. The molecule has 27 heavy (non-hydrogen) atoms. The number of rotatable bonds is 9. The van der Waals surface area contributed by atoms with Crippen LogP contribution in [0.4, 0.5) is 5.69 Å². The molecule has 0 spiro atoms. The summed E-state index contributed by atoms with van der Waals surface area (Å²) in [6, 6.07) is 8.57. The number of hydrogen-bond donors (Lipinski definition) is 2. The topological polar surface area (TPSA) is 58.1 Å². The molecule has 0 radical (unpaired) electrons. The van der Waals surface area contributed by atoms with Crippen LogP contribution in [0.2, 0.25) is 0 Å². The Labute approximate surface area is 181 Å². The zero-order valence-electron chi connectivity index (χ0n) is 17.0. The van der Waals surface area contributed by atoms with E-state index in [1.165, 1.54) is 0 Å². The summed E-state index contributed by atoms with van der Waals surface area (Å²) in [6.45, 7) is 8.76. The third-order valence-electron chi connectivity index (χ3n) is 4.39. The number of methoxy groups -OCH3 is 1. The molecular weight excluding hydrogens is 455 g/mol. The molecule has 2 rings (SSSR count). The lowest BCUT2D eigenvalue weighted by atomic mass is 10.2. The van der Waals surface area contributed by atoms with Gasteiger partial charge in [0.25, 0.3) is 0 Å². The number of halogens is 1. The first-order valence-corrected chi connectivity index (χ1v) is 9.57. The Kier molecular flexibility index (Phi) is 11.5. The summed E-state index contributed by atoms with van der Waals surface area (Å²) in [4.78, 5) is 6.70. The number of hydrogen-bond acceptors (Lipinski definition) is 4. The van der Waals surface area contributed by atoms with E-state index in [0.717, 1.165) is 63.1 Å². The molecule has 1 heterocycles. The van der Waals surface area contributed by atoms with Crippen LogP contribution in [0.5, 0.6) is 5.75 Å². The number of para-hydroxylation sites is 2. The van der Waals surface area contributed by atoms with Crippen LogP contribution in [0, 0.1) is 5.92 Å². The lowest BCUT2D eigenvalue weighted by Gasteiger charge is -2.22. The van der Waals surface area contributed by atoms with Gasteiger partial charge in [0.15, 0.2) is 5.96 Å². The molecule has 1 fully saturated rings. The summed E-state index contributed by atoms with van der Waals surface area (Å²) in [6.07, 6.45) is 2.06. The van der Waals surface area contributed by atoms with Crippen LogP contribution in [0.1, 0.15) is 26.7 Å². The lowest BCUT2D eigenvalue weighted by molar-refractivity contribution is 0.108. The SMILES string of the molecule is CN=C(NCCCOCC(C)C)NC1CCN(c2ccccc2OC)C1.I. The van der Waals surface area contributed by atoms with Gasteiger partial charge in [0.1, 0.15) is 5.75 Å². The molecule has 1 unspecified atom stereocenters. The smallest absolute Gasteiger partial charge is 0.191 e. The maximum absolute atomic E-state index is 5.61. The van der Waals surface area contributed by atoms with Gasteiger partial charge < -0.3 is 25.0 Å². The van der Waals surface area contributed by atoms with E-state index in [1.807, 2.05) is 19.2 Å². The Balaban J connectivity index is 0.00000364. The number of guanidine groups is 1. The fourth-order valence-corrected chi connectivity index (χ4v) is 3.08. The molecule has 1 aromatic carbocycles. The first-order chi connectivity index (χ1) is 12.6. The van der Waals surface area contributed by atoms with E-state index in [0.29, 0.717) is 12.0 Å². The van der Waals surface area contributed by atoms with Crippen molar-refractivity contribution in [2.24, 2.45) is 10.9 Å². The van der Waals surface area contributed by atoms with Crippen molar-refractivity contribution in [2.75, 3.05) is 51.9 Å². The van der Waals surface area contributed by atoms with Gasteiger partial charge in [-0.15, -0.1) is 24.0 Å². The maximum atomic E-state index is 5.61. The highest BCUT2D eigenvalue weighted by Gasteiger charge is 2.25. The van der Waals surface area contributed by atoms with E-state index in [-0.39, 0.29) is 24.0 Å². The molecule has 2 N–H and O–H groups in total. The molecule has 0 aromatic heterocycles. The molecule has 0 bridgehead atoms. The minimum absolute atomic E-state index is 0. The second-order valence-electron chi connectivity index (χ2n) is 7.07. The van der Waals surface area contributed by atoms with E-state index in [9.17, 15) is 0 Å². The molecule has 7 heteroatoms. The van der Waals surface area contributed by atoms with Crippen LogP contribution in [-0.4, -0.2) is 59.0 Å². The second-order valence-corrected chi connectivity index (χ2v) is 7.07. The van der Waals surface area contributed by atoms with Crippen LogP contribution in [0.15, 0.2) is 29.3 Å². The fourth-order valence-electron chi connectivity index (χ4n) is 3.08. The molecule has 154 valence electrons. The molecular formula is C20H35IN4O2. The summed E-state index contributed by atoms with van der Waals surface area (Å²) in [5.74, 6) is 2.38. The van der Waals surface area contributed by atoms with Gasteiger partial charge in [0, 0.05) is 45.9 Å². The van der Waals surface area contributed by atoms with Crippen molar-refractivity contribution in [3.63, 3.8) is 0 Å². The van der Waals surface area contributed by atoms with Gasteiger partial charge in [-0.3, -0.25) is 4.99 Å². The average molecular weight is 490 g/mol. The van der Waals surface area contributed by atoms with Gasteiger partial charge in [0.2, 0.25) is 0 Å². The minimum Gasteiger partial charge on any atom is -0.495 e. The first-order valence-electron chi connectivity index (χ1n) is 9.57. The van der Waals surface area contributed by atoms with Gasteiger partial charge in [-0.05, 0) is 30.9 Å². The molecule has 0 aliphatic carbocycles. The third kappa shape index (κ3) is 8.13. The monoisotopic (exact) mass is 490 g/mol. The zero-order valence-corrected chi connectivity index (χ0v) is 19.4. The number of ether oxygens (including phenoxy) is 2.